The van der Waals surface area contributed by atoms with Crippen molar-refractivity contribution in [2.75, 3.05) is 0 Å². The van der Waals surface area contributed by atoms with Crippen LogP contribution in [0.2, 0.25) is 0 Å². The van der Waals surface area contributed by atoms with Gasteiger partial charge in [0.2, 0.25) is 0 Å². The van der Waals surface area contributed by atoms with Crippen LogP contribution in [0.3, 0.4) is 0 Å². The van der Waals surface area contributed by atoms with Crippen LogP contribution in [0.4, 0.5) is 0 Å². The number of hydrogen-bond acceptors (Lipinski definition) is 4. The molecule has 90 valence electrons. The number of Topliss-reactive ketones (excluding diaryl/α,β-unsaturated/α-hetero) is 4. The third-order valence-corrected chi connectivity index (χ3v) is 0.996. The Morgan fingerprint density at radius 3 is 0.733 bits per heavy atom. The minimum Gasteiger partial charge on any atom is -0.300 e. The van der Waals surface area contributed by atoms with Crippen LogP contribution in [0.25, 0.3) is 0 Å². The first-order chi connectivity index (χ1) is 6.25. The molecule has 0 aromatic carbocycles. The first-order valence-corrected chi connectivity index (χ1v) is 4.23. The van der Waals surface area contributed by atoms with E-state index in [0.717, 1.165) is 0 Å². The molecule has 0 rings (SSSR count). The Morgan fingerprint density at radius 2 is 0.733 bits per heavy atom. The summed E-state index contributed by atoms with van der Waals surface area (Å²) in [5.41, 5.74) is 0. The van der Waals surface area contributed by atoms with Gasteiger partial charge in [-0.1, -0.05) is 0 Å². The molecule has 0 saturated heterocycles. The van der Waals surface area contributed by atoms with Crippen molar-refractivity contribution in [3.8, 4) is 0 Å². The first-order valence-electron chi connectivity index (χ1n) is 4.23. The van der Waals surface area contributed by atoms with E-state index in [4.69, 9.17) is 0 Å². The summed E-state index contributed by atoms with van der Waals surface area (Å²) >= 11 is 0. The average molecular weight is 264 g/mol. The number of carbonyl (C=O) groups is 4. The molecule has 0 aromatic heterocycles. The van der Waals surface area contributed by atoms with E-state index >= 15 is 0 Å². The SMILES string of the molecule is CC(=O)CC(C)=O.CC(=O)CC(C)=O.[Cu+]. The minimum atomic E-state index is -0.0625. The maximum Gasteiger partial charge on any atom is 1.00 e. The van der Waals surface area contributed by atoms with Gasteiger partial charge in [-0.05, 0) is 27.7 Å². The van der Waals surface area contributed by atoms with Gasteiger partial charge in [0.15, 0.2) is 0 Å². The predicted octanol–water partition coefficient (Wildman–Crippen LogP) is 1.11. The molecule has 0 saturated carbocycles. The van der Waals surface area contributed by atoms with Gasteiger partial charge >= 0.3 is 17.1 Å². The van der Waals surface area contributed by atoms with Gasteiger partial charge in [-0.2, -0.15) is 0 Å². The second kappa shape index (κ2) is 11.3. The molecule has 0 atom stereocenters. The minimum absolute atomic E-state index is 0. The van der Waals surface area contributed by atoms with Gasteiger partial charge in [0, 0.05) is 0 Å². The van der Waals surface area contributed by atoms with Gasteiger partial charge < -0.3 is 0 Å². The number of ketones is 4. The fourth-order valence-electron chi connectivity index (χ4n) is 0.701. The second-order valence-corrected chi connectivity index (χ2v) is 3.16. The van der Waals surface area contributed by atoms with Gasteiger partial charge in [0.25, 0.3) is 0 Å². The zero-order chi connectivity index (χ0) is 11.7. The first kappa shape index (κ1) is 19.7. The molecule has 0 spiro atoms. The molecule has 0 aliphatic rings. The van der Waals surface area contributed by atoms with Crippen molar-refractivity contribution in [3.05, 3.63) is 0 Å². The van der Waals surface area contributed by atoms with E-state index in [1.54, 1.807) is 0 Å². The second-order valence-electron chi connectivity index (χ2n) is 3.16. The van der Waals surface area contributed by atoms with Crippen molar-refractivity contribution in [1.29, 1.82) is 0 Å². The summed E-state index contributed by atoms with van der Waals surface area (Å²) in [6.45, 7) is 5.62. The van der Waals surface area contributed by atoms with Crippen molar-refractivity contribution in [2.24, 2.45) is 0 Å². The summed E-state index contributed by atoms with van der Waals surface area (Å²) in [6.07, 6.45) is 0.167. The topological polar surface area (TPSA) is 68.3 Å². The van der Waals surface area contributed by atoms with Crippen LogP contribution in [0, 0.1) is 0 Å². The van der Waals surface area contributed by atoms with Crippen LogP contribution >= 0.6 is 0 Å². The summed E-state index contributed by atoms with van der Waals surface area (Å²) < 4.78 is 0. The molecule has 0 amide bonds. The number of hydrogen-bond donors (Lipinski definition) is 0. The monoisotopic (exact) mass is 263 g/mol. The third kappa shape index (κ3) is 31.9. The molecule has 4 nitrogen and oxygen atoms in total. The molecular weight excluding hydrogens is 248 g/mol. The van der Waals surface area contributed by atoms with Gasteiger partial charge in [-0.25, -0.2) is 0 Å². The summed E-state index contributed by atoms with van der Waals surface area (Å²) in [5.74, 6) is -0.250. The molecule has 5 heteroatoms. The Balaban J connectivity index is -0.000000180. The van der Waals surface area contributed by atoms with Gasteiger partial charge in [-0.3, -0.25) is 19.2 Å². The molecule has 0 aliphatic heterocycles. The number of carbonyl (C=O) groups excluding carboxylic acids is 4. The average Bonchev–Trinajstić information content (AvgIpc) is 1.79. The predicted molar refractivity (Wildman–Crippen MR) is 52.0 cm³/mol. The fourth-order valence-corrected chi connectivity index (χ4v) is 0.701. The molecule has 0 aliphatic carbocycles. The van der Waals surface area contributed by atoms with E-state index in [2.05, 4.69) is 0 Å². The molecule has 0 aromatic rings. The number of rotatable bonds is 4. The Hall–Kier alpha value is -0.801. The zero-order valence-electron chi connectivity index (χ0n) is 9.35. The quantitative estimate of drug-likeness (QED) is 0.563. The van der Waals surface area contributed by atoms with Crippen LogP contribution in [-0.4, -0.2) is 23.1 Å². The smallest absolute Gasteiger partial charge is 0.300 e. The largest absolute Gasteiger partial charge is 1.00 e. The van der Waals surface area contributed by atoms with E-state index in [-0.39, 0.29) is 53.0 Å². The van der Waals surface area contributed by atoms with Crippen molar-refractivity contribution >= 4 is 23.1 Å². The van der Waals surface area contributed by atoms with Crippen molar-refractivity contribution in [2.45, 2.75) is 40.5 Å². The van der Waals surface area contributed by atoms with E-state index < -0.39 is 0 Å². The normalized spacial score (nSPS) is 7.73. The Bertz CT molecular complexity index is 196. The molecule has 0 N–H and O–H groups in total. The van der Waals surface area contributed by atoms with Gasteiger partial charge in [0.05, 0.1) is 12.8 Å². The molecule has 0 unspecified atom stereocenters. The van der Waals surface area contributed by atoms with Crippen molar-refractivity contribution < 1.29 is 36.2 Å². The summed E-state index contributed by atoms with van der Waals surface area (Å²) in [4.78, 5) is 40.1. The van der Waals surface area contributed by atoms with Crippen LogP contribution in [-0.2, 0) is 36.2 Å². The summed E-state index contributed by atoms with van der Waals surface area (Å²) in [5, 5.41) is 0. The maximum atomic E-state index is 10.0. The Labute approximate surface area is 100 Å². The molecule has 0 heterocycles. The molecule has 15 heavy (non-hydrogen) atoms. The molecular formula is C10H16CuO4+. The fraction of sp³-hybridized carbons (Fsp3) is 0.600. The standard InChI is InChI=1S/2C5H8O2.Cu/c2*1-4(6)3-5(2)7;/h2*3H2,1-2H3;/q;;+1. The van der Waals surface area contributed by atoms with Crippen molar-refractivity contribution in [1.82, 2.24) is 0 Å². The Kier molecular flexibility index (Phi) is 14.8. The van der Waals surface area contributed by atoms with E-state index in [0.29, 0.717) is 0 Å². The van der Waals surface area contributed by atoms with Crippen LogP contribution in [0.1, 0.15) is 40.5 Å². The van der Waals surface area contributed by atoms with E-state index in [9.17, 15) is 19.2 Å². The summed E-state index contributed by atoms with van der Waals surface area (Å²) in [7, 11) is 0. The molecule has 0 bridgehead atoms. The van der Waals surface area contributed by atoms with Crippen LogP contribution in [0.5, 0.6) is 0 Å². The van der Waals surface area contributed by atoms with E-state index in [1.165, 1.54) is 27.7 Å². The van der Waals surface area contributed by atoms with Crippen molar-refractivity contribution in [3.63, 3.8) is 0 Å². The third-order valence-electron chi connectivity index (χ3n) is 0.996. The molecule has 0 radical (unpaired) electrons. The van der Waals surface area contributed by atoms with E-state index in [1.807, 2.05) is 0 Å². The van der Waals surface area contributed by atoms with Gasteiger partial charge in [-0.15, -0.1) is 0 Å². The summed E-state index contributed by atoms with van der Waals surface area (Å²) in [6, 6.07) is 0. The Morgan fingerprint density at radius 1 is 0.600 bits per heavy atom. The zero-order valence-corrected chi connectivity index (χ0v) is 10.3. The van der Waals surface area contributed by atoms with Crippen LogP contribution < -0.4 is 0 Å². The van der Waals surface area contributed by atoms with Crippen LogP contribution in [0.15, 0.2) is 0 Å². The maximum absolute atomic E-state index is 10.0. The molecule has 0 fully saturated rings. The van der Waals surface area contributed by atoms with Gasteiger partial charge in [0.1, 0.15) is 23.1 Å².